The molecule has 94 valence electrons. The monoisotopic (exact) mass is 227 g/mol. The number of ether oxygens (including phenoxy) is 1. The van der Waals surface area contributed by atoms with Crippen LogP contribution in [0.2, 0.25) is 0 Å². The maximum Gasteiger partial charge on any atom is 0.333 e. The highest BCUT2D eigenvalue weighted by Gasteiger charge is 2.10. The van der Waals surface area contributed by atoms with Gasteiger partial charge in [0.1, 0.15) is 0 Å². The molecule has 0 N–H and O–H groups in total. The number of carbonyl (C=O) groups excluding carboxylic acids is 1. The van der Waals surface area contributed by atoms with Crippen molar-refractivity contribution in [1.29, 1.82) is 0 Å². The molecule has 1 unspecified atom stereocenters. The van der Waals surface area contributed by atoms with Gasteiger partial charge in [0.25, 0.3) is 0 Å². The summed E-state index contributed by atoms with van der Waals surface area (Å²) in [5.41, 5.74) is 0.672. The Kier molecular flexibility index (Phi) is 7.06. The lowest BCUT2D eigenvalue weighted by Crippen LogP contribution is -2.30. The van der Waals surface area contributed by atoms with E-state index in [4.69, 9.17) is 0 Å². The highest BCUT2D eigenvalue weighted by Crippen LogP contribution is 2.09. The van der Waals surface area contributed by atoms with Crippen molar-refractivity contribution >= 4 is 5.97 Å². The molecule has 3 nitrogen and oxygen atoms in total. The predicted octanol–water partition coefficient (Wildman–Crippen LogP) is 2.47. The van der Waals surface area contributed by atoms with E-state index in [-0.39, 0.29) is 5.97 Å². The van der Waals surface area contributed by atoms with Gasteiger partial charge in [-0.3, -0.25) is 0 Å². The van der Waals surface area contributed by atoms with Crippen molar-refractivity contribution in [3.8, 4) is 0 Å². The first-order chi connectivity index (χ1) is 7.38. The molecular weight excluding hydrogens is 202 g/mol. The lowest BCUT2D eigenvalue weighted by atomic mass is 10.0. The molecule has 0 fully saturated rings. The van der Waals surface area contributed by atoms with Crippen molar-refractivity contribution in [2.75, 3.05) is 20.7 Å². The first-order valence-corrected chi connectivity index (χ1v) is 5.83. The second kappa shape index (κ2) is 7.44. The molecule has 0 amide bonds. The summed E-state index contributed by atoms with van der Waals surface area (Å²) in [6.07, 6.45) is 3.09. The van der Waals surface area contributed by atoms with E-state index in [1.807, 2.05) is 6.08 Å². The summed E-state index contributed by atoms with van der Waals surface area (Å²) in [7, 11) is 3.49. The lowest BCUT2D eigenvalue weighted by molar-refractivity contribution is -0.136. The fourth-order valence-electron chi connectivity index (χ4n) is 1.57. The van der Waals surface area contributed by atoms with E-state index in [2.05, 4.69) is 37.5 Å². The Hall–Kier alpha value is -0.830. The van der Waals surface area contributed by atoms with Gasteiger partial charge in [-0.05, 0) is 33.2 Å². The van der Waals surface area contributed by atoms with Crippen molar-refractivity contribution in [2.45, 2.75) is 40.2 Å². The Morgan fingerprint density at radius 1 is 1.38 bits per heavy atom. The zero-order valence-corrected chi connectivity index (χ0v) is 11.4. The van der Waals surface area contributed by atoms with Gasteiger partial charge in [0.05, 0.1) is 7.11 Å². The van der Waals surface area contributed by atoms with Crippen molar-refractivity contribution < 1.29 is 9.53 Å². The number of carbonyl (C=O) groups is 1. The maximum atomic E-state index is 11.2. The van der Waals surface area contributed by atoms with Gasteiger partial charge in [-0.15, -0.1) is 0 Å². The van der Waals surface area contributed by atoms with Gasteiger partial charge in [-0.25, -0.2) is 4.79 Å². The zero-order chi connectivity index (χ0) is 12.7. The maximum absolute atomic E-state index is 11.2. The summed E-state index contributed by atoms with van der Waals surface area (Å²) in [5.74, 6) is 0.452. The van der Waals surface area contributed by atoms with Crippen molar-refractivity contribution in [2.24, 2.45) is 5.92 Å². The van der Waals surface area contributed by atoms with Crippen LogP contribution in [0, 0.1) is 5.92 Å². The van der Waals surface area contributed by atoms with E-state index in [0.717, 1.165) is 6.54 Å². The summed E-state index contributed by atoms with van der Waals surface area (Å²) >= 11 is 0. The Morgan fingerprint density at radius 3 is 2.38 bits per heavy atom. The van der Waals surface area contributed by atoms with E-state index >= 15 is 0 Å². The highest BCUT2D eigenvalue weighted by atomic mass is 16.5. The van der Waals surface area contributed by atoms with Gasteiger partial charge in [0.15, 0.2) is 0 Å². The molecule has 0 rings (SSSR count). The smallest absolute Gasteiger partial charge is 0.333 e. The second-order valence-corrected chi connectivity index (χ2v) is 4.80. The number of rotatable bonds is 6. The molecule has 0 spiro atoms. The third-order valence-corrected chi connectivity index (χ3v) is 2.76. The fraction of sp³-hybridized carbons (Fsp3) is 0.769. The standard InChI is InChI=1S/C13H25NO2/c1-10(2)9-12(4)14(5)8-7-11(3)13(15)16-6/h7,10,12H,8-9H2,1-6H3. The van der Waals surface area contributed by atoms with E-state index in [1.54, 1.807) is 6.92 Å². The first kappa shape index (κ1) is 15.2. The molecule has 0 aromatic carbocycles. The summed E-state index contributed by atoms with van der Waals surface area (Å²) in [4.78, 5) is 13.4. The number of esters is 1. The third kappa shape index (κ3) is 5.91. The Morgan fingerprint density at radius 2 is 1.94 bits per heavy atom. The SMILES string of the molecule is COC(=O)C(C)=CCN(C)C(C)CC(C)C. The van der Waals surface area contributed by atoms with Crippen molar-refractivity contribution in [1.82, 2.24) is 4.90 Å². The zero-order valence-electron chi connectivity index (χ0n) is 11.4. The van der Waals surface area contributed by atoms with Crippen LogP contribution >= 0.6 is 0 Å². The molecule has 0 aromatic heterocycles. The molecule has 0 bridgehead atoms. The minimum Gasteiger partial charge on any atom is -0.466 e. The quantitative estimate of drug-likeness (QED) is 0.516. The minimum absolute atomic E-state index is 0.245. The van der Waals surface area contributed by atoms with E-state index in [1.165, 1.54) is 13.5 Å². The molecule has 0 aromatic rings. The van der Waals surface area contributed by atoms with Gasteiger partial charge in [0.2, 0.25) is 0 Å². The van der Waals surface area contributed by atoms with Crippen LogP contribution in [0.1, 0.15) is 34.1 Å². The minimum atomic E-state index is -0.245. The number of methoxy groups -OCH3 is 1. The number of hydrogen-bond acceptors (Lipinski definition) is 3. The average molecular weight is 227 g/mol. The van der Waals surface area contributed by atoms with Crippen LogP contribution in [0.5, 0.6) is 0 Å². The fourth-order valence-corrected chi connectivity index (χ4v) is 1.57. The normalized spacial score (nSPS) is 14.4. The summed E-state index contributed by atoms with van der Waals surface area (Å²) in [6, 6.07) is 0.529. The molecule has 16 heavy (non-hydrogen) atoms. The molecule has 0 aliphatic carbocycles. The topological polar surface area (TPSA) is 29.5 Å². The van der Waals surface area contributed by atoms with Gasteiger partial charge < -0.3 is 9.64 Å². The van der Waals surface area contributed by atoms with Crippen LogP contribution in [0.25, 0.3) is 0 Å². The molecule has 3 heteroatoms. The van der Waals surface area contributed by atoms with Crippen LogP contribution in [0.15, 0.2) is 11.6 Å². The van der Waals surface area contributed by atoms with Gasteiger partial charge >= 0.3 is 5.97 Å². The number of hydrogen-bond donors (Lipinski definition) is 0. The molecule has 0 radical (unpaired) electrons. The molecule has 1 atom stereocenters. The van der Waals surface area contributed by atoms with Crippen LogP contribution in [0.4, 0.5) is 0 Å². The number of nitrogens with zero attached hydrogens (tertiary/aromatic N) is 1. The second-order valence-electron chi connectivity index (χ2n) is 4.80. The van der Waals surface area contributed by atoms with E-state index in [0.29, 0.717) is 17.5 Å². The molecule has 0 saturated heterocycles. The van der Waals surface area contributed by atoms with E-state index < -0.39 is 0 Å². The van der Waals surface area contributed by atoms with Crippen LogP contribution < -0.4 is 0 Å². The molecule has 0 heterocycles. The lowest BCUT2D eigenvalue weighted by Gasteiger charge is -2.24. The van der Waals surface area contributed by atoms with Gasteiger partial charge in [-0.1, -0.05) is 19.9 Å². The Bertz CT molecular complexity index is 246. The van der Waals surface area contributed by atoms with E-state index in [9.17, 15) is 4.79 Å². The van der Waals surface area contributed by atoms with Gasteiger partial charge in [-0.2, -0.15) is 0 Å². The Balaban J connectivity index is 4.14. The third-order valence-electron chi connectivity index (χ3n) is 2.76. The average Bonchev–Trinajstić information content (AvgIpc) is 2.23. The summed E-state index contributed by atoms with van der Waals surface area (Å²) in [6.45, 7) is 9.22. The van der Waals surface area contributed by atoms with Crippen LogP contribution in [0.3, 0.4) is 0 Å². The molecule has 0 aliphatic heterocycles. The highest BCUT2D eigenvalue weighted by molar-refractivity contribution is 5.87. The van der Waals surface area contributed by atoms with Crippen LogP contribution in [-0.4, -0.2) is 37.6 Å². The van der Waals surface area contributed by atoms with Gasteiger partial charge in [0, 0.05) is 18.2 Å². The van der Waals surface area contributed by atoms with Crippen molar-refractivity contribution in [3.63, 3.8) is 0 Å². The predicted molar refractivity (Wildman–Crippen MR) is 67.3 cm³/mol. The summed E-state index contributed by atoms with van der Waals surface area (Å²) in [5, 5.41) is 0. The number of likely N-dealkylation sites (N-methyl/N-ethyl adjacent to an activating group) is 1. The largest absolute Gasteiger partial charge is 0.466 e. The summed E-state index contributed by atoms with van der Waals surface area (Å²) < 4.78 is 4.64. The molecular formula is C13H25NO2. The molecule has 0 aliphatic rings. The Labute approximate surface area is 99.5 Å². The van der Waals surface area contributed by atoms with Crippen LogP contribution in [-0.2, 0) is 9.53 Å². The molecule has 0 saturated carbocycles. The first-order valence-electron chi connectivity index (χ1n) is 5.83. The van der Waals surface area contributed by atoms with Crippen molar-refractivity contribution in [3.05, 3.63) is 11.6 Å².